The van der Waals surface area contributed by atoms with Gasteiger partial charge in [-0.3, -0.25) is 0 Å². The first-order valence-corrected chi connectivity index (χ1v) is 7.87. The summed E-state index contributed by atoms with van der Waals surface area (Å²) in [4.78, 5) is 19.7. The van der Waals surface area contributed by atoms with Crippen LogP contribution in [-0.4, -0.2) is 23.0 Å². The van der Waals surface area contributed by atoms with Gasteiger partial charge in [-0.1, -0.05) is 17.7 Å². The summed E-state index contributed by atoms with van der Waals surface area (Å²) in [5.74, 6) is 0.748. The molecule has 0 amide bonds. The van der Waals surface area contributed by atoms with E-state index in [4.69, 9.17) is 10.5 Å². The molecule has 1 heterocycles. The number of aromatic nitrogens is 2. The van der Waals surface area contributed by atoms with Crippen LogP contribution in [0, 0.1) is 6.92 Å². The normalized spacial score (nSPS) is 10.2. The van der Waals surface area contributed by atoms with Crippen LogP contribution in [0.25, 0.3) is 0 Å². The molecular formula is C19H18N4O3. The summed E-state index contributed by atoms with van der Waals surface area (Å²) in [6.45, 7) is 2.01. The Bertz CT molecular complexity index is 909. The zero-order valence-electron chi connectivity index (χ0n) is 14.4. The molecule has 0 aliphatic carbocycles. The number of methoxy groups -OCH3 is 1. The molecule has 0 aliphatic heterocycles. The first kappa shape index (κ1) is 17.2. The summed E-state index contributed by atoms with van der Waals surface area (Å²) in [7, 11) is 1.33. The Morgan fingerprint density at radius 2 is 1.73 bits per heavy atom. The van der Waals surface area contributed by atoms with E-state index in [1.165, 1.54) is 13.4 Å². The molecule has 7 nitrogen and oxygen atoms in total. The summed E-state index contributed by atoms with van der Waals surface area (Å²) in [6, 6.07) is 14.3. The second kappa shape index (κ2) is 7.52. The molecule has 7 heteroatoms. The number of hydrogen-bond donors (Lipinski definition) is 2. The lowest BCUT2D eigenvalue weighted by Gasteiger charge is -2.12. The molecule has 26 heavy (non-hydrogen) atoms. The Labute approximate surface area is 150 Å². The molecule has 0 radical (unpaired) electrons. The number of esters is 1. The summed E-state index contributed by atoms with van der Waals surface area (Å²) >= 11 is 0. The van der Waals surface area contributed by atoms with Crippen LogP contribution in [0.15, 0.2) is 54.9 Å². The maximum atomic E-state index is 11.5. The lowest BCUT2D eigenvalue weighted by Crippen LogP contribution is -2.03. The lowest BCUT2D eigenvalue weighted by atomic mass is 10.2. The van der Waals surface area contributed by atoms with E-state index in [1.807, 2.05) is 31.2 Å². The Hall–Kier alpha value is -3.61. The molecule has 0 unspecified atom stereocenters. The topological polar surface area (TPSA) is 99.4 Å². The highest BCUT2D eigenvalue weighted by atomic mass is 16.5. The van der Waals surface area contributed by atoms with Gasteiger partial charge in [0.15, 0.2) is 5.82 Å². The third kappa shape index (κ3) is 3.89. The second-order valence-corrected chi connectivity index (χ2v) is 5.55. The van der Waals surface area contributed by atoms with Crippen molar-refractivity contribution in [2.24, 2.45) is 0 Å². The van der Waals surface area contributed by atoms with Crippen molar-refractivity contribution in [2.45, 2.75) is 6.92 Å². The molecule has 3 rings (SSSR count). The number of aryl methyl sites for hydroxylation is 1. The smallest absolute Gasteiger partial charge is 0.337 e. The largest absolute Gasteiger partial charge is 0.465 e. The van der Waals surface area contributed by atoms with Crippen LogP contribution in [0.4, 0.5) is 17.2 Å². The van der Waals surface area contributed by atoms with Gasteiger partial charge in [-0.25, -0.2) is 9.78 Å². The molecule has 3 N–H and O–H groups in total. The van der Waals surface area contributed by atoms with Crippen LogP contribution in [0.5, 0.6) is 11.6 Å². The quantitative estimate of drug-likeness (QED) is 0.677. The van der Waals surface area contributed by atoms with Gasteiger partial charge in [-0.15, -0.1) is 0 Å². The van der Waals surface area contributed by atoms with Gasteiger partial charge in [-0.2, -0.15) is 4.98 Å². The molecule has 2 aromatic carbocycles. The maximum absolute atomic E-state index is 11.5. The van der Waals surface area contributed by atoms with Gasteiger partial charge in [0.2, 0.25) is 5.88 Å². The van der Waals surface area contributed by atoms with Crippen LogP contribution >= 0.6 is 0 Å². The molecule has 0 atom stereocenters. The van der Waals surface area contributed by atoms with E-state index in [0.29, 0.717) is 17.1 Å². The van der Waals surface area contributed by atoms with Crippen LogP contribution < -0.4 is 15.8 Å². The third-order valence-electron chi connectivity index (χ3n) is 3.65. The van der Waals surface area contributed by atoms with E-state index in [9.17, 15) is 4.79 Å². The molecule has 0 spiro atoms. The van der Waals surface area contributed by atoms with Crippen LogP contribution in [0.1, 0.15) is 15.9 Å². The molecular weight excluding hydrogens is 332 g/mol. The number of nitrogens with two attached hydrogens (primary N) is 1. The fourth-order valence-corrected chi connectivity index (χ4v) is 2.22. The van der Waals surface area contributed by atoms with Gasteiger partial charge in [0.05, 0.1) is 12.7 Å². The van der Waals surface area contributed by atoms with Crippen molar-refractivity contribution < 1.29 is 14.3 Å². The minimum atomic E-state index is -0.414. The number of hydrogen-bond acceptors (Lipinski definition) is 7. The van der Waals surface area contributed by atoms with E-state index in [1.54, 1.807) is 24.3 Å². The van der Waals surface area contributed by atoms with Crippen molar-refractivity contribution in [3.8, 4) is 11.6 Å². The Kier molecular flexibility index (Phi) is 4.98. The summed E-state index contributed by atoms with van der Waals surface area (Å²) in [6.07, 6.45) is 1.37. The molecule has 0 saturated carbocycles. The molecule has 0 fully saturated rings. The number of ether oxygens (including phenoxy) is 2. The zero-order valence-corrected chi connectivity index (χ0v) is 14.4. The van der Waals surface area contributed by atoms with Crippen molar-refractivity contribution in [2.75, 3.05) is 18.2 Å². The highest BCUT2D eigenvalue weighted by Gasteiger charge is 2.11. The number of nitrogens with one attached hydrogen (secondary N) is 1. The van der Waals surface area contributed by atoms with Gasteiger partial charge >= 0.3 is 5.97 Å². The number of nitrogen functional groups attached to an aromatic ring is 1. The Morgan fingerprint density at radius 3 is 2.38 bits per heavy atom. The average Bonchev–Trinajstić information content (AvgIpc) is 2.66. The predicted octanol–water partition coefficient (Wildman–Crippen LogP) is 3.69. The molecule has 0 saturated heterocycles. The number of rotatable bonds is 5. The molecule has 3 aromatic rings. The van der Waals surface area contributed by atoms with Gasteiger partial charge in [0.25, 0.3) is 0 Å². The van der Waals surface area contributed by atoms with Crippen LogP contribution in [0.3, 0.4) is 0 Å². The molecule has 0 aliphatic rings. The zero-order chi connectivity index (χ0) is 18.5. The Morgan fingerprint density at radius 1 is 1.04 bits per heavy atom. The predicted molar refractivity (Wildman–Crippen MR) is 98.8 cm³/mol. The SMILES string of the molecule is COC(=O)c1ccc(Oc2ncnc(Nc3ccc(C)cc3)c2N)cc1. The molecule has 1 aromatic heterocycles. The minimum absolute atomic E-state index is 0.223. The average molecular weight is 350 g/mol. The lowest BCUT2D eigenvalue weighted by molar-refractivity contribution is 0.0600. The van der Waals surface area contributed by atoms with Crippen LogP contribution in [0.2, 0.25) is 0 Å². The fourth-order valence-electron chi connectivity index (χ4n) is 2.22. The number of benzene rings is 2. The van der Waals surface area contributed by atoms with Gasteiger partial charge in [0, 0.05) is 5.69 Å². The van der Waals surface area contributed by atoms with Gasteiger partial charge in [0.1, 0.15) is 17.8 Å². The Balaban J connectivity index is 1.78. The fraction of sp³-hybridized carbons (Fsp3) is 0.105. The van der Waals surface area contributed by atoms with Crippen molar-refractivity contribution in [3.63, 3.8) is 0 Å². The van der Waals surface area contributed by atoms with E-state index in [-0.39, 0.29) is 11.6 Å². The first-order chi connectivity index (χ1) is 12.6. The monoisotopic (exact) mass is 350 g/mol. The van der Waals surface area contributed by atoms with Crippen molar-refractivity contribution in [1.29, 1.82) is 0 Å². The molecule has 0 bridgehead atoms. The third-order valence-corrected chi connectivity index (χ3v) is 3.65. The van der Waals surface area contributed by atoms with Gasteiger partial charge < -0.3 is 20.5 Å². The highest BCUT2D eigenvalue weighted by Crippen LogP contribution is 2.31. The maximum Gasteiger partial charge on any atom is 0.337 e. The number of carbonyl (C=O) groups excluding carboxylic acids is 1. The number of nitrogens with zero attached hydrogens (tertiary/aromatic N) is 2. The second-order valence-electron chi connectivity index (χ2n) is 5.55. The summed E-state index contributed by atoms with van der Waals surface area (Å²) < 4.78 is 10.4. The van der Waals surface area contributed by atoms with Crippen LogP contribution in [-0.2, 0) is 4.74 Å². The van der Waals surface area contributed by atoms with E-state index >= 15 is 0 Å². The highest BCUT2D eigenvalue weighted by molar-refractivity contribution is 5.89. The van der Waals surface area contributed by atoms with E-state index in [0.717, 1.165) is 11.3 Å². The van der Waals surface area contributed by atoms with Gasteiger partial charge in [-0.05, 0) is 43.3 Å². The summed E-state index contributed by atoms with van der Waals surface area (Å²) in [5.41, 5.74) is 8.85. The van der Waals surface area contributed by atoms with Crippen molar-refractivity contribution in [1.82, 2.24) is 9.97 Å². The number of anilines is 3. The van der Waals surface area contributed by atoms with Crippen molar-refractivity contribution >= 4 is 23.2 Å². The standard InChI is InChI=1S/C19H18N4O3/c1-12-3-7-14(8-4-12)23-17-16(20)18(22-11-21-17)26-15-9-5-13(6-10-15)19(24)25-2/h3-11H,20H2,1-2H3,(H,21,22,23). The van der Waals surface area contributed by atoms with E-state index < -0.39 is 5.97 Å². The first-order valence-electron chi connectivity index (χ1n) is 7.87. The van der Waals surface area contributed by atoms with E-state index in [2.05, 4.69) is 20.0 Å². The van der Waals surface area contributed by atoms with Crippen molar-refractivity contribution in [3.05, 3.63) is 66.0 Å². The molecule has 132 valence electrons. The number of carbonyl (C=O) groups is 1. The minimum Gasteiger partial charge on any atom is -0.465 e. The summed E-state index contributed by atoms with van der Waals surface area (Å²) in [5, 5.41) is 3.14.